The van der Waals surface area contributed by atoms with Crippen molar-refractivity contribution in [1.29, 1.82) is 0 Å². The number of nitrogens with two attached hydrogens (primary N) is 3. The van der Waals surface area contributed by atoms with Gasteiger partial charge in [0.2, 0.25) is 5.91 Å². The van der Waals surface area contributed by atoms with Crippen LogP contribution in [0.15, 0.2) is 0 Å². The van der Waals surface area contributed by atoms with Gasteiger partial charge in [-0.25, -0.2) is 4.79 Å². The van der Waals surface area contributed by atoms with Crippen LogP contribution in [-0.2, 0) is 46.5 Å². The van der Waals surface area contributed by atoms with Crippen LogP contribution >= 0.6 is 0 Å². The molecule has 17 nitrogen and oxygen atoms in total. The number of hydrogen-bond donors (Lipinski definition) is 5. The number of urea groups is 1. The van der Waals surface area contributed by atoms with Crippen LogP contribution < -0.4 is 27.8 Å². The van der Waals surface area contributed by atoms with Gasteiger partial charge in [-0.3, -0.25) is 4.79 Å². The summed E-state index contributed by atoms with van der Waals surface area (Å²) in [6.07, 6.45) is 22.6. The van der Waals surface area contributed by atoms with Gasteiger partial charge < -0.3 is 74.4 Å². The van der Waals surface area contributed by atoms with Gasteiger partial charge >= 0.3 is 14.8 Å². The van der Waals surface area contributed by atoms with Crippen LogP contribution in [0.4, 0.5) is 4.79 Å². The lowest BCUT2D eigenvalue weighted by Gasteiger charge is -2.65. The Morgan fingerprint density at radius 1 is 0.645 bits per heavy atom. The minimum Gasteiger partial charge on any atom is -0.378 e. The second-order valence-corrected chi connectivity index (χ2v) is 26.4. The van der Waals surface area contributed by atoms with Crippen molar-refractivity contribution in [3.63, 3.8) is 0 Å². The molecule has 4 saturated carbocycles. The highest BCUT2D eigenvalue weighted by atomic mass is 28.4. The zero-order valence-corrected chi connectivity index (χ0v) is 50.2. The van der Waals surface area contributed by atoms with E-state index in [0.717, 1.165) is 110 Å². The first kappa shape index (κ1) is 67.0. The van der Waals surface area contributed by atoms with Gasteiger partial charge in [-0.2, -0.15) is 0 Å². The van der Waals surface area contributed by atoms with Gasteiger partial charge in [0.25, 0.3) is 0 Å². The first-order valence-electron chi connectivity index (χ1n) is 30.5. The third-order valence-electron chi connectivity index (χ3n) is 18.6. The van der Waals surface area contributed by atoms with Crippen LogP contribution in [0.25, 0.3) is 0 Å². The van der Waals surface area contributed by atoms with Crippen LogP contribution in [0.1, 0.15) is 163 Å². The summed E-state index contributed by atoms with van der Waals surface area (Å²) in [5.74, 6) is 3.15. The van der Waals surface area contributed by atoms with Gasteiger partial charge in [0, 0.05) is 85.2 Å². The second kappa shape index (κ2) is 37.5. The van der Waals surface area contributed by atoms with Crippen LogP contribution in [0.5, 0.6) is 0 Å². The summed E-state index contributed by atoms with van der Waals surface area (Å²) < 4.78 is 54.0. The van der Waals surface area contributed by atoms with Crippen LogP contribution in [0.3, 0.4) is 0 Å². The fraction of sp³-hybridized carbons (Fsp3) is 0.966. The number of fused-ring (bicyclic) bond motifs is 5. The molecule has 0 aromatic carbocycles. The molecule has 0 radical (unpaired) electrons. The highest BCUT2D eigenvalue weighted by Gasteiger charge is 2.66. The molecule has 0 bridgehead atoms. The molecule has 0 aromatic heterocycles. The van der Waals surface area contributed by atoms with E-state index in [0.29, 0.717) is 133 Å². The number of unbranched alkanes of at least 4 members (excludes halogenated alkanes) is 6. The highest BCUT2D eigenvalue weighted by molar-refractivity contribution is 6.60. The molecule has 18 heteroatoms. The Hall–Kier alpha value is -1.52. The van der Waals surface area contributed by atoms with E-state index in [9.17, 15) is 9.59 Å². The predicted octanol–water partition coefficient (Wildman–Crippen LogP) is 8.07. The molecule has 0 saturated heterocycles. The van der Waals surface area contributed by atoms with Gasteiger partial charge in [0.1, 0.15) is 0 Å². The average Bonchev–Trinajstić information content (AvgIpc) is 3.81. The van der Waals surface area contributed by atoms with E-state index in [1.54, 1.807) is 21.3 Å². The molecule has 446 valence electrons. The van der Waals surface area contributed by atoms with Crippen molar-refractivity contribution in [3.8, 4) is 0 Å². The number of hydrogen-bond acceptors (Lipinski definition) is 14. The van der Waals surface area contributed by atoms with Gasteiger partial charge in [-0.1, -0.05) is 59.8 Å². The average molecular weight is 1100 g/mol. The third-order valence-corrected chi connectivity index (χ3v) is 21.4. The van der Waals surface area contributed by atoms with Crippen LogP contribution in [0, 0.1) is 46.3 Å². The van der Waals surface area contributed by atoms with E-state index in [2.05, 4.69) is 43.2 Å². The maximum atomic E-state index is 13.8. The first-order valence-corrected chi connectivity index (χ1v) is 32.5. The van der Waals surface area contributed by atoms with Crippen molar-refractivity contribution >= 4 is 20.7 Å². The zero-order chi connectivity index (χ0) is 55.1. The van der Waals surface area contributed by atoms with Crippen molar-refractivity contribution in [3.05, 3.63) is 0 Å². The molecule has 0 heterocycles. The third kappa shape index (κ3) is 20.8. The quantitative estimate of drug-likeness (QED) is 0.0288. The molecule has 4 aliphatic carbocycles. The largest absolute Gasteiger partial charge is 0.500 e. The topological polar surface area (TPSA) is 223 Å². The minimum atomic E-state index is -2.60. The molecule has 5 unspecified atom stereocenters. The molecule has 0 spiro atoms. The Balaban J connectivity index is 1.24. The molecule has 4 fully saturated rings. The van der Waals surface area contributed by atoms with Crippen molar-refractivity contribution in [2.24, 2.45) is 63.5 Å². The second-order valence-electron chi connectivity index (χ2n) is 23.3. The van der Waals surface area contributed by atoms with E-state index in [-0.39, 0.29) is 35.0 Å². The lowest BCUT2D eigenvalue weighted by atomic mass is 9.43. The summed E-state index contributed by atoms with van der Waals surface area (Å²) in [6, 6.07) is 0.674. The van der Waals surface area contributed by atoms with E-state index in [1.165, 1.54) is 44.9 Å². The van der Waals surface area contributed by atoms with E-state index in [1.807, 2.05) is 0 Å². The van der Waals surface area contributed by atoms with Gasteiger partial charge in [0.05, 0.1) is 58.0 Å². The molecular formula is C58H114N6O11Si. The number of nitrogens with one attached hydrogen (secondary N) is 2. The fourth-order valence-corrected chi connectivity index (χ4v) is 16.0. The standard InChI is InChI=1S/C58H114N6O11Si/c1-8-9-10-11-12-14-31-64(56(66)63-30-37-71-39-41-72-40-38-70-36-29-62-54(65)21-13-15-42-76(67-5,68-6)69-7)32-16-20-46(2)49-22-23-50-55-51(45-53(58(49,50)4)75-35-19-28-61)57(3)25-24-48(73-33-17-26-59)43-47(57)44-52(55)74-34-18-27-60/h46-53,55H,8-45,59-61H2,1-7H3,(H,62,65)(H,63,66)/t46-,47?,48-,49?,50+,51+,52-,53+,55?,57?,58?/m1/s1. The number of carbonyl (C=O) groups excluding carboxylic acids is 2. The van der Waals surface area contributed by atoms with Gasteiger partial charge in [-0.15, -0.1) is 0 Å². The van der Waals surface area contributed by atoms with Crippen LogP contribution in [-0.4, -0.2) is 171 Å². The normalized spacial score (nSPS) is 27.7. The molecule has 0 aliphatic heterocycles. The number of carbonyl (C=O) groups is 2. The Morgan fingerprint density at radius 2 is 1.25 bits per heavy atom. The maximum Gasteiger partial charge on any atom is 0.500 e. The molecule has 4 aliphatic rings. The Labute approximate surface area is 462 Å². The molecule has 4 rings (SSSR count). The number of amides is 3. The van der Waals surface area contributed by atoms with Crippen molar-refractivity contribution < 1.29 is 51.3 Å². The van der Waals surface area contributed by atoms with Crippen molar-refractivity contribution in [2.45, 2.75) is 187 Å². The van der Waals surface area contributed by atoms with Gasteiger partial charge in [-0.05, 0) is 157 Å². The summed E-state index contributed by atoms with van der Waals surface area (Å²) in [6.45, 7) is 19.1. The van der Waals surface area contributed by atoms with Crippen LogP contribution in [0.2, 0.25) is 6.04 Å². The molecule has 11 atom stereocenters. The SMILES string of the molecule is CCCCCCCCN(CCC[C@@H](C)C1CC[C@H]2C3[C@H](OCCCN)CC4C[C@H](OCCCN)CCC4(C)[C@H]3C[C@H](OCCCN)C12C)C(=O)NCCOCCOCCOCCNC(=O)CCCC[Si](OC)(OC)OC. The van der Waals surface area contributed by atoms with Gasteiger partial charge in [0.15, 0.2) is 0 Å². The van der Waals surface area contributed by atoms with E-state index in [4.69, 9.17) is 58.9 Å². The molecule has 3 amide bonds. The predicted molar refractivity (Wildman–Crippen MR) is 304 cm³/mol. The lowest BCUT2D eigenvalue weighted by molar-refractivity contribution is -0.227. The summed E-state index contributed by atoms with van der Waals surface area (Å²) in [5.41, 5.74) is 18.2. The maximum absolute atomic E-state index is 13.8. The van der Waals surface area contributed by atoms with Crippen molar-refractivity contribution in [1.82, 2.24) is 15.5 Å². The lowest BCUT2D eigenvalue weighted by Crippen LogP contribution is -2.63. The monoisotopic (exact) mass is 1100 g/mol. The number of rotatable bonds is 44. The van der Waals surface area contributed by atoms with E-state index >= 15 is 0 Å². The van der Waals surface area contributed by atoms with E-state index < -0.39 is 8.80 Å². The smallest absolute Gasteiger partial charge is 0.378 e. The number of nitrogens with zero attached hydrogens (tertiary/aromatic N) is 1. The zero-order valence-electron chi connectivity index (χ0n) is 49.2. The summed E-state index contributed by atoms with van der Waals surface area (Å²) in [5, 5.41) is 6.06. The molecule has 0 aromatic rings. The Bertz CT molecular complexity index is 1530. The minimum absolute atomic E-state index is 0.00121. The first-order chi connectivity index (χ1) is 36.9. The summed E-state index contributed by atoms with van der Waals surface area (Å²) in [4.78, 5) is 28.0. The van der Waals surface area contributed by atoms with Crippen molar-refractivity contribution in [2.75, 3.05) is 127 Å². The Kier molecular flexibility index (Phi) is 33.0. The fourth-order valence-electron chi connectivity index (χ4n) is 14.2. The molecule has 76 heavy (non-hydrogen) atoms. The molecule has 8 N–H and O–H groups in total. The molecular weight excluding hydrogens is 985 g/mol. The highest BCUT2D eigenvalue weighted by Crippen LogP contribution is 2.69. The number of ether oxygens (including phenoxy) is 6. The summed E-state index contributed by atoms with van der Waals surface area (Å²) in [7, 11) is 2.20. The Morgan fingerprint density at radius 3 is 1.91 bits per heavy atom. The summed E-state index contributed by atoms with van der Waals surface area (Å²) >= 11 is 0.